The van der Waals surface area contributed by atoms with Crippen molar-refractivity contribution in [3.63, 3.8) is 0 Å². The average Bonchev–Trinajstić information content (AvgIpc) is 2.66. The zero-order valence-electron chi connectivity index (χ0n) is 19.0. The fraction of sp³-hybridized carbons (Fsp3) is 1.00. The maximum Gasteiger partial charge on any atom is 0.0182 e. The molecule has 1 unspecified atom stereocenters. The van der Waals surface area contributed by atoms with Crippen LogP contribution >= 0.6 is 0 Å². The van der Waals surface area contributed by atoms with Crippen LogP contribution in [0.5, 0.6) is 0 Å². The van der Waals surface area contributed by atoms with Crippen LogP contribution in [-0.2, 0) is 0 Å². The Kier molecular flexibility index (Phi) is 12.9. The van der Waals surface area contributed by atoms with Crippen molar-refractivity contribution in [1.29, 1.82) is 0 Å². The largest absolute Gasteiger partial charge is 0.298 e. The van der Waals surface area contributed by atoms with Gasteiger partial charge in [-0.05, 0) is 33.1 Å². The van der Waals surface area contributed by atoms with Crippen LogP contribution in [0.4, 0.5) is 0 Å². The van der Waals surface area contributed by atoms with Gasteiger partial charge in [0.1, 0.15) is 0 Å². The molecule has 2 nitrogen and oxygen atoms in total. The third kappa shape index (κ3) is 8.74. The van der Waals surface area contributed by atoms with Crippen molar-refractivity contribution in [2.45, 2.75) is 130 Å². The first-order valence-electron chi connectivity index (χ1n) is 12.1. The fourth-order valence-electron chi connectivity index (χ4n) is 4.70. The van der Waals surface area contributed by atoms with Gasteiger partial charge in [0.15, 0.2) is 0 Å². The standard InChI is InChI=1S/C24H50N2/c1-6-9-12-15-18-24(5,17-14-11-8-3)26-21-19-25(20-22-26)23(4)16-13-10-7-2/h23H,6-22H2,1-5H3/t23-,24?/m1/s1. The Morgan fingerprint density at radius 3 is 1.77 bits per heavy atom. The van der Waals surface area contributed by atoms with E-state index in [-0.39, 0.29) is 0 Å². The van der Waals surface area contributed by atoms with Crippen LogP contribution in [0.3, 0.4) is 0 Å². The molecule has 0 aliphatic carbocycles. The van der Waals surface area contributed by atoms with Gasteiger partial charge in [0.2, 0.25) is 0 Å². The number of hydrogen-bond acceptors (Lipinski definition) is 2. The molecule has 0 radical (unpaired) electrons. The van der Waals surface area contributed by atoms with E-state index < -0.39 is 0 Å². The van der Waals surface area contributed by atoms with Gasteiger partial charge >= 0.3 is 0 Å². The summed E-state index contributed by atoms with van der Waals surface area (Å²) in [7, 11) is 0. The summed E-state index contributed by atoms with van der Waals surface area (Å²) in [5, 5.41) is 0. The molecule has 156 valence electrons. The van der Waals surface area contributed by atoms with E-state index >= 15 is 0 Å². The molecule has 1 saturated heterocycles. The van der Waals surface area contributed by atoms with Gasteiger partial charge < -0.3 is 0 Å². The summed E-state index contributed by atoms with van der Waals surface area (Å²) in [6, 6.07) is 0.777. The Morgan fingerprint density at radius 1 is 0.692 bits per heavy atom. The van der Waals surface area contributed by atoms with Crippen LogP contribution in [0, 0.1) is 0 Å². The van der Waals surface area contributed by atoms with E-state index in [0.29, 0.717) is 5.54 Å². The summed E-state index contributed by atoms with van der Waals surface area (Å²) in [4.78, 5) is 5.62. The molecule has 0 amide bonds. The molecule has 0 aromatic carbocycles. The minimum atomic E-state index is 0.445. The van der Waals surface area contributed by atoms with E-state index in [1.54, 1.807) is 0 Å². The van der Waals surface area contributed by atoms with Crippen molar-refractivity contribution in [2.24, 2.45) is 0 Å². The van der Waals surface area contributed by atoms with E-state index in [1.165, 1.54) is 110 Å². The van der Waals surface area contributed by atoms with Gasteiger partial charge in [-0.1, -0.05) is 85.0 Å². The molecule has 2 atom stereocenters. The van der Waals surface area contributed by atoms with Crippen LogP contribution in [0.15, 0.2) is 0 Å². The molecular weight excluding hydrogens is 316 g/mol. The van der Waals surface area contributed by atoms with E-state index in [1.807, 2.05) is 0 Å². The molecule has 0 aromatic heterocycles. The second kappa shape index (κ2) is 14.0. The van der Waals surface area contributed by atoms with Crippen LogP contribution < -0.4 is 0 Å². The van der Waals surface area contributed by atoms with Crippen molar-refractivity contribution in [3.8, 4) is 0 Å². The predicted octanol–water partition coefficient (Wildman–Crippen LogP) is 6.88. The fourth-order valence-corrected chi connectivity index (χ4v) is 4.70. The van der Waals surface area contributed by atoms with Crippen LogP contribution in [0.25, 0.3) is 0 Å². The highest BCUT2D eigenvalue weighted by molar-refractivity contribution is 4.90. The molecule has 1 rings (SSSR count). The van der Waals surface area contributed by atoms with Crippen molar-refractivity contribution < 1.29 is 0 Å². The highest BCUT2D eigenvalue weighted by Crippen LogP contribution is 2.30. The molecule has 0 saturated carbocycles. The molecule has 0 aromatic rings. The molecule has 0 bridgehead atoms. The Bertz CT molecular complexity index is 322. The third-order valence-electron chi connectivity index (χ3n) is 6.81. The summed E-state index contributed by atoms with van der Waals surface area (Å²) < 4.78 is 0. The highest BCUT2D eigenvalue weighted by Gasteiger charge is 2.33. The van der Waals surface area contributed by atoms with Gasteiger partial charge in [-0.2, -0.15) is 0 Å². The van der Waals surface area contributed by atoms with Gasteiger partial charge in [0.05, 0.1) is 0 Å². The molecular formula is C24H50N2. The monoisotopic (exact) mass is 366 g/mol. The Morgan fingerprint density at radius 2 is 1.19 bits per heavy atom. The summed E-state index contributed by atoms with van der Waals surface area (Å²) in [5.41, 5.74) is 0.445. The summed E-state index contributed by atoms with van der Waals surface area (Å²) in [6.45, 7) is 17.1. The maximum absolute atomic E-state index is 2.86. The molecule has 0 N–H and O–H groups in total. The predicted molar refractivity (Wildman–Crippen MR) is 118 cm³/mol. The minimum absolute atomic E-state index is 0.445. The number of hydrogen-bond donors (Lipinski definition) is 0. The normalized spacial score (nSPS) is 20.2. The number of unbranched alkanes of at least 4 members (excludes halogenated alkanes) is 7. The second-order valence-corrected chi connectivity index (χ2v) is 9.13. The zero-order chi connectivity index (χ0) is 19.3. The van der Waals surface area contributed by atoms with E-state index in [0.717, 1.165) is 6.04 Å². The lowest BCUT2D eigenvalue weighted by molar-refractivity contribution is 0.0149. The first kappa shape index (κ1) is 24.0. The molecule has 0 spiro atoms. The Balaban J connectivity index is 2.49. The summed E-state index contributed by atoms with van der Waals surface area (Å²) >= 11 is 0. The summed E-state index contributed by atoms with van der Waals surface area (Å²) in [6.07, 6.45) is 18.1. The molecule has 1 aliphatic rings. The number of piperazine rings is 1. The minimum Gasteiger partial charge on any atom is -0.298 e. The third-order valence-corrected chi connectivity index (χ3v) is 6.81. The molecule has 26 heavy (non-hydrogen) atoms. The Labute approximate surface area is 166 Å². The molecule has 2 heteroatoms. The van der Waals surface area contributed by atoms with Crippen molar-refractivity contribution >= 4 is 0 Å². The van der Waals surface area contributed by atoms with Gasteiger partial charge in [-0.3, -0.25) is 9.80 Å². The topological polar surface area (TPSA) is 6.48 Å². The van der Waals surface area contributed by atoms with Crippen LogP contribution in [0.1, 0.15) is 118 Å². The van der Waals surface area contributed by atoms with E-state index in [4.69, 9.17) is 0 Å². The summed E-state index contributed by atoms with van der Waals surface area (Å²) in [5.74, 6) is 0. The molecule has 1 aliphatic heterocycles. The smallest absolute Gasteiger partial charge is 0.0182 e. The van der Waals surface area contributed by atoms with Crippen molar-refractivity contribution in [3.05, 3.63) is 0 Å². The molecule has 1 heterocycles. The van der Waals surface area contributed by atoms with E-state index in [9.17, 15) is 0 Å². The Hall–Kier alpha value is -0.0800. The first-order chi connectivity index (χ1) is 12.6. The second-order valence-electron chi connectivity index (χ2n) is 9.13. The molecule has 1 fully saturated rings. The maximum atomic E-state index is 2.86. The van der Waals surface area contributed by atoms with Gasteiger partial charge in [0.25, 0.3) is 0 Å². The van der Waals surface area contributed by atoms with Crippen LogP contribution in [0.2, 0.25) is 0 Å². The number of rotatable bonds is 15. The average molecular weight is 367 g/mol. The van der Waals surface area contributed by atoms with Gasteiger partial charge in [-0.15, -0.1) is 0 Å². The van der Waals surface area contributed by atoms with Crippen LogP contribution in [-0.4, -0.2) is 47.6 Å². The van der Waals surface area contributed by atoms with E-state index in [2.05, 4.69) is 44.4 Å². The van der Waals surface area contributed by atoms with Crippen molar-refractivity contribution in [2.75, 3.05) is 26.2 Å². The SMILES string of the molecule is CCCCCCC(C)(CCCCC)N1CCN([C@H](C)CCCCC)CC1. The lowest BCUT2D eigenvalue weighted by Crippen LogP contribution is -2.57. The highest BCUT2D eigenvalue weighted by atomic mass is 15.3. The van der Waals surface area contributed by atoms with Crippen molar-refractivity contribution in [1.82, 2.24) is 9.80 Å². The number of nitrogens with zero attached hydrogens (tertiary/aromatic N) is 2. The van der Waals surface area contributed by atoms with Gasteiger partial charge in [-0.25, -0.2) is 0 Å². The quantitative estimate of drug-likeness (QED) is 0.291. The lowest BCUT2D eigenvalue weighted by atomic mass is 9.86. The first-order valence-corrected chi connectivity index (χ1v) is 12.1. The van der Waals surface area contributed by atoms with Gasteiger partial charge in [0, 0.05) is 37.8 Å². The lowest BCUT2D eigenvalue weighted by Gasteiger charge is -2.47. The zero-order valence-corrected chi connectivity index (χ0v) is 19.0.